The number of rotatable bonds is 4. The Labute approximate surface area is 86.5 Å². The largest absolute Gasteiger partial charge is 0.396 e. The monoisotopic (exact) mass is 213 g/mol. The highest BCUT2D eigenvalue weighted by Crippen LogP contribution is 2.25. The summed E-state index contributed by atoms with van der Waals surface area (Å²) in [6, 6.07) is 3.43. The molecule has 0 spiro atoms. The number of nitro groups is 1. The Bertz CT molecular complexity index is 368. The SMILES string of the molecule is CC(CCO)c1cc([N+](=O)[O-])ccc1F. The molecule has 1 atom stereocenters. The highest BCUT2D eigenvalue weighted by molar-refractivity contribution is 5.36. The van der Waals surface area contributed by atoms with Gasteiger partial charge >= 0.3 is 0 Å². The summed E-state index contributed by atoms with van der Waals surface area (Å²) in [6.45, 7) is 1.65. The van der Waals surface area contributed by atoms with Gasteiger partial charge in [0.1, 0.15) is 5.82 Å². The van der Waals surface area contributed by atoms with Crippen molar-refractivity contribution in [1.82, 2.24) is 0 Å². The molecule has 1 unspecified atom stereocenters. The summed E-state index contributed by atoms with van der Waals surface area (Å²) >= 11 is 0. The van der Waals surface area contributed by atoms with E-state index in [9.17, 15) is 14.5 Å². The zero-order chi connectivity index (χ0) is 11.4. The first-order valence-corrected chi connectivity index (χ1v) is 4.61. The van der Waals surface area contributed by atoms with Crippen molar-refractivity contribution in [2.24, 2.45) is 0 Å². The number of nitro benzene ring substituents is 1. The first kappa shape index (κ1) is 11.6. The van der Waals surface area contributed by atoms with Gasteiger partial charge in [-0.15, -0.1) is 0 Å². The summed E-state index contributed by atoms with van der Waals surface area (Å²) in [7, 11) is 0. The highest BCUT2D eigenvalue weighted by atomic mass is 19.1. The molecule has 0 bridgehead atoms. The lowest BCUT2D eigenvalue weighted by Crippen LogP contribution is -2.01. The fourth-order valence-corrected chi connectivity index (χ4v) is 1.37. The summed E-state index contributed by atoms with van der Waals surface area (Å²) < 4.78 is 13.3. The zero-order valence-corrected chi connectivity index (χ0v) is 8.31. The third-order valence-corrected chi connectivity index (χ3v) is 2.28. The summed E-state index contributed by atoms with van der Waals surface area (Å²) in [4.78, 5) is 9.92. The first-order valence-electron chi connectivity index (χ1n) is 4.61. The van der Waals surface area contributed by atoms with Gasteiger partial charge in [-0.2, -0.15) is 0 Å². The molecule has 0 aliphatic heterocycles. The van der Waals surface area contributed by atoms with E-state index in [-0.39, 0.29) is 23.8 Å². The van der Waals surface area contributed by atoms with Crippen LogP contribution in [0.4, 0.5) is 10.1 Å². The molecule has 0 aliphatic rings. The summed E-state index contributed by atoms with van der Waals surface area (Å²) in [5.74, 6) is -0.698. The topological polar surface area (TPSA) is 63.4 Å². The van der Waals surface area contributed by atoms with E-state index in [1.54, 1.807) is 6.92 Å². The van der Waals surface area contributed by atoms with E-state index in [4.69, 9.17) is 5.11 Å². The van der Waals surface area contributed by atoms with E-state index in [0.717, 1.165) is 12.1 Å². The van der Waals surface area contributed by atoms with Crippen molar-refractivity contribution < 1.29 is 14.4 Å². The van der Waals surface area contributed by atoms with Crippen LogP contribution in [0.1, 0.15) is 24.8 Å². The fraction of sp³-hybridized carbons (Fsp3) is 0.400. The Kier molecular flexibility index (Phi) is 3.74. The third kappa shape index (κ3) is 2.73. The minimum absolute atomic E-state index is 0.0662. The summed E-state index contributed by atoms with van der Waals surface area (Å²) in [6.07, 6.45) is 0.387. The quantitative estimate of drug-likeness (QED) is 0.616. The molecular weight excluding hydrogens is 201 g/mol. The van der Waals surface area contributed by atoms with E-state index >= 15 is 0 Å². The number of benzene rings is 1. The van der Waals surface area contributed by atoms with E-state index in [1.165, 1.54) is 6.07 Å². The average Bonchev–Trinajstić information content (AvgIpc) is 2.18. The highest BCUT2D eigenvalue weighted by Gasteiger charge is 2.15. The predicted molar refractivity (Wildman–Crippen MR) is 53.2 cm³/mol. The van der Waals surface area contributed by atoms with Gasteiger partial charge in [0.05, 0.1) is 4.92 Å². The molecule has 1 aromatic rings. The van der Waals surface area contributed by atoms with Crippen LogP contribution >= 0.6 is 0 Å². The van der Waals surface area contributed by atoms with E-state index in [2.05, 4.69) is 0 Å². The Morgan fingerprint density at radius 3 is 2.80 bits per heavy atom. The van der Waals surface area contributed by atoms with Crippen molar-refractivity contribution >= 4 is 5.69 Å². The molecule has 0 fully saturated rings. The molecule has 0 radical (unpaired) electrons. The number of aliphatic hydroxyl groups excluding tert-OH is 1. The second kappa shape index (κ2) is 4.84. The number of hydrogen-bond acceptors (Lipinski definition) is 3. The standard InChI is InChI=1S/C10H12FNO3/c1-7(4-5-13)9-6-8(12(14)15)2-3-10(9)11/h2-3,6-7,13H,4-5H2,1H3. The maximum atomic E-state index is 13.3. The van der Waals surface area contributed by atoms with Crippen molar-refractivity contribution in [3.8, 4) is 0 Å². The van der Waals surface area contributed by atoms with Crippen molar-refractivity contribution in [2.75, 3.05) is 6.61 Å². The van der Waals surface area contributed by atoms with Crippen LogP contribution in [0.2, 0.25) is 0 Å². The van der Waals surface area contributed by atoms with Crippen LogP contribution in [0.15, 0.2) is 18.2 Å². The molecule has 0 saturated carbocycles. The van der Waals surface area contributed by atoms with Gasteiger partial charge < -0.3 is 5.11 Å². The minimum Gasteiger partial charge on any atom is -0.396 e. The van der Waals surface area contributed by atoms with Gasteiger partial charge in [0.2, 0.25) is 0 Å². The average molecular weight is 213 g/mol. The van der Waals surface area contributed by atoms with Crippen LogP contribution in [-0.4, -0.2) is 16.6 Å². The minimum atomic E-state index is -0.561. The van der Waals surface area contributed by atoms with Gasteiger partial charge in [-0.1, -0.05) is 6.92 Å². The molecule has 15 heavy (non-hydrogen) atoms. The maximum absolute atomic E-state index is 13.3. The van der Waals surface area contributed by atoms with Gasteiger partial charge in [-0.3, -0.25) is 10.1 Å². The molecule has 5 heteroatoms. The van der Waals surface area contributed by atoms with Crippen LogP contribution in [0.3, 0.4) is 0 Å². The Morgan fingerprint density at radius 1 is 1.60 bits per heavy atom. The Hall–Kier alpha value is -1.49. The van der Waals surface area contributed by atoms with E-state index in [1.807, 2.05) is 0 Å². The number of halogens is 1. The molecule has 0 saturated heterocycles. The zero-order valence-electron chi connectivity index (χ0n) is 8.31. The normalized spacial score (nSPS) is 12.5. The lowest BCUT2D eigenvalue weighted by molar-refractivity contribution is -0.385. The lowest BCUT2D eigenvalue weighted by atomic mass is 9.97. The number of aliphatic hydroxyl groups is 1. The van der Waals surface area contributed by atoms with Crippen molar-refractivity contribution in [1.29, 1.82) is 0 Å². The number of nitrogens with zero attached hydrogens (tertiary/aromatic N) is 1. The van der Waals surface area contributed by atoms with Crippen LogP contribution < -0.4 is 0 Å². The van der Waals surface area contributed by atoms with Crippen molar-refractivity contribution in [2.45, 2.75) is 19.3 Å². The van der Waals surface area contributed by atoms with Crippen LogP contribution in [0, 0.1) is 15.9 Å². The maximum Gasteiger partial charge on any atom is 0.269 e. The summed E-state index contributed by atoms with van der Waals surface area (Å²) in [5.41, 5.74) is 0.148. The molecule has 1 N–H and O–H groups in total. The van der Waals surface area contributed by atoms with E-state index in [0.29, 0.717) is 6.42 Å². The lowest BCUT2D eigenvalue weighted by Gasteiger charge is -2.10. The van der Waals surface area contributed by atoms with Gasteiger partial charge in [0.25, 0.3) is 5.69 Å². The first-order chi connectivity index (χ1) is 7.06. The number of non-ortho nitro benzene ring substituents is 1. The molecule has 4 nitrogen and oxygen atoms in total. The van der Waals surface area contributed by atoms with Crippen LogP contribution in [0.25, 0.3) is 0 Å². The third-order valence-electron chi connectivity index (χ3n) is 2.28. The van der Waals surface area contributed by atoms with Gasteiger partial charge in [0.15, 0.2) is 0 Å². The van der Waals surface area contributed by atoms with Gasteiger partial charge in [-0.05, 0) is 24.0 Å². The molecular formula is C10H12FNO3. The fourth-order valence-electron chi connectivity index (χ4n) is 1.37. The predicted octanol–water partition coefficient (Wildman–Crippen LogP) is 2.22. The Morgan fingerprint density at radius 2 is 2.27 bits per heavy atom. The summed E-state index contributed by atoms with van der Waals surface area (Å²) in [5, 5.41) is 19.2. The molecule has 1 aromatic carbocycles. The second-order valence-electron chi connectivity index (χ2n) is 3.38. The molecule has 0 aliphatic carbocycles. The molecule has 0 amide bonds. The smallest absolute Gasteiger partial charge is 0.269 e. The second-order valence-corrected chi connectivity index (χ2v) is 3.38. The van der Waals surface area contributed by atoms with Crippen LogP contribution in [0.5, 0.6) is 0 Å². The van der Waals surface area contributed by atoms with E-state index < -0.39 is 10.7 Å². The Balaban J connectivity index is 3.04. The molecule has 1 rings (SSSR count). The number of hydrogen-bond donors (Lipinski definition) is 1. The van der Waals surface area contributed by atoms with Crippen LogP contribution in [-0.2, 0) is 0 Å². The van der Waals surface area contributed by atoms with Gasteiger partial charge in [-0.25, -0.2) is 4.39 Å². The molecule has 82 valence electrons. The molecule has 0 aromatic heterocycles. The van der Waals surface area contributed by atoms with Crippen molar-refractivity contribution in [3.05, 3.63) is 39.7 Å². The van der Waals surface area contributed by atoms with Crippen molar-refractivity contribution in [3.63, 3.8) is 0 Å². The van der Waals surface area contributed by atoms with Gasteiger partial charge in [0, 0.05) is 18.7 Å². The molecule has 0 heterocycles.